The Kier molecular flexibility index (Phi) is 5.29. The van der Waals surface area contributed by atoms with Crippen molar-refractivity contribution < 1.29 is 18.3 Å². The summed E-state index contributed by atoms with van der Waals surface area (Å²) in [6, 6.07) is 9.78. The average molecular weight is 398 g/mol. The van der Waals surface area contributed by atoms with Gasteiger partial charge < -0.3 is 5.11 Å². The molecule has 2 aromatic rings. The second-order valence-corrected chi connectivity index (χ2v) is 9.33. The Hall–Kier alpha value is -1.67. The third-order valence-electron chi connectivity index (χ3n) is 3.92. The molecule has 1 fully saturated rings. The van der Waals surface area contributed by atoms with E-state index in [2.05, 4.69) is 0 Å². The van der Waals surface area contributed by atoms with Crippen molar-refractivity contribution >= 4 is 50.6 Å². The standard InChI is InChI=1S/C17H16ClNO4S2/c18-13-5-3-12(4-6-13)11-14(17(20)21)15-7-8-16(24-15)25(22,23)19-9-1-2-10-19/h3-8,11H,1-2,9-10H2,(H,20,21)/b14-11-. The van der Waals surface area contributed by atoms with Crippen molar-refractivity contribution in [1.29, 1.82) is 0 Å². The number of benzene rings is 1. The van der Waals surface area contributed by atoms with Crippen LogP contribution in [-0.4, -0.2) is 36.9 Å². The second kappa shape index (κ2) is 7.29. The molecular weight excluding hydrogens is 382 g/mol. The van der Waals surface area contributed by atoms with E-state index < -0.39 is 16.0 Å². The summed E-state index contributed by atoms with van der Waals surface area (Å²) < 4.78 is 26.8. The lowest BCUT2D eigenvalue weighted by atomic mass is 10.1. The second-order valence-electron chi connectivity index (χ2n) is 5.64. The number of hydrogen-bond donors (Lipinski definition) is 1. The number of halogens is 1. The maximum Gasteiger partial charge on any atom is 0.337 e. The highest BCUT2D eigenvalue weighted by Crippen LogP contribution is 2.32. The molecular formula is C17H16ClNO4S2. The predicted octanol–water partition coefficient (Wildman–Crippen LogP) is 3.81. The number of carboxylic acid groups (broad SMARTS) is 1. The number of carboxylic acids is 1. The zero-order valence-corrected chi connectivity index (χ0v) is 15.6. The quantitative estimate of drug-likeness (QED) is 0.778. The molecule has 2 heterocycles. The fourth-order valence-electron chi connectivity index (χ4n) is 2.62. The molecule has 8 heteroatoms. The Morgan fingerprint density at radius 2 is 1.76 bits per heavy atom. The van der Waals surface area contributed by atoms with E-state index in [-0.39, 0.29) is 9.78 Å². The first-order chi connectivity index (χ1) is 11.9. The van der Waals surface area contributed by atoms with Crippen LogP contribution in [0, 0.1) is 0 Å². The summed E-state index contributed by atoms with van der Waals surface area (Å²) in [4.78, 5) is 12.0. The fraction of sp³-hybridized carbons (Fsp3) is 0.235. The first kappa shape index (κ1) is 18.1. The number of carbonyl (C=O) groups is 1. The van der Waals surface area contributed by atoms with Crippen molar-refractivity contribution in [3.05, 3.63) is 51.9 Å². The van der Waals surface area contributed by atoms with Crippen molar-refractivity contribution in [2.24, 2.45) is 0 Å². The van der Waals surface area contributed by atoms with Crippen LogP contribution in [0.4, 0.5) is 0 Å². The molecule has 25 heavy (non-hydrogen) atoms. The average Bonchev–Trinajstić information content (AvgIpc) is 3.26. The van der Waals surface area contributed by atoms with Crippen molar-refractivity contribution in [2.75, 3.05) is 13.1 Å². The van der Waals surface area contributed by atoms with Gasteiger partial charge in [-0.2, -0.15) is 4.31 Å². The summed E-state index contributed by atoms with van der Waals surface area (Å²) in [5.74, 6) is -1.11. The van der Waals surface area contributed by atoms with Crippen molar-refractivity contribution in [3.8, 4) is 0 Å². The minimum atomic E-state index is -3.54. The molecule has 0 saturated carbocycles. The lowest BCUT2D eigenvalue weighted by molar-refractivity contribution is -0.130. The highest BCUT2D eigenvalue weighted by molar-refractivity contribution is 7.91. The minimum Gasteiger partial charge on any atom is -0.478 e. The lowest BCUT2D eigenvalue weighted by Crippen LogP contribution is -2.27. The van der Waals surface area contributed by atoms with Crippen LogP contribution < -0.4 is 0 Å². The van der Waals surface area contributed by atoms with Crippen LogP contribution in [0.25, 0.3) is 11.6 Å². The summed E-state index contributed by atoms with van der Waals surface area (Å²) in [6.07, 6.45) is 3.22. The first-order valence-electron chi connectivity index (χ1n) is 7.69. The van der Waals surface area contributed by atoms with Gasteiger partial charge >= 0.3 is 5.97 Å². The van der Waals surface area contributed by atoms with Crippen LogP contribution in [0.15, 0.2) is 40.6 Å². The van der Waals surface area contributed by atoms with Gasteiger partial charge in [-0.3, -0.25) is 0 Å². The van der Waals surface area contributed by atoms with Gasteiger partial charge in [-0.05, 0) is 48.7 Å². The minimum absolute atomic E-state index is 0.0511. The summed E-state index contributed by atoms with van der Waals surface area (Å²) >= 11 is 6.82. The zero-order chi connectivity index (χ0) is 18.0. The van der Waals surface area contributed by atoms with E-state index >= 15 is 0 Å². The van der Waals surface area contributed by atoms with Crippen LogP contribution in [-0.2, 0) is 14.8 Å². The molecule has 0 spiro atoms. The Morgan fingerprint density at radius 1 is 1.12 bits per heavy atom. The third-order valence-corrected chi connectivity index (χ3v) is 7.65. The third kappa shape index (κ3) is 3.95. The fourth-order valence-corrected chi connectivity index (χ4v) is 5.73. The van der Waals surface area contributed by atoms with E-state index in [4.69, 9.17) is 11.6 Å². The maximum atomic E-state index is 12.6. The molecule has 5 nitrogen and oxygen atoms in total. The zero-order valence-electron chi connectivity index (χ0n) is 13.2. The van der Waals surface area contributed by atoms with E-state index in [0.29, 0.717) is 28.6 Å². The molecule has 3 rings (SSSR count). The van der Waals surface area contributed by atoms with Gasteiger partial charge in [0.1, 0.15) is 4.21 Å². The molecule has 1 aromatic carbocycles. The van der Waals surface area contributed by atoms with Gasteiger partial charge in [-0.15, -0.1) is 11.3 Å². The summed E-state index contributed by atoms with van der Waals surface area (Å²) in [7, 11) is -3.54. The Balaban J connectivity index is 1.95. The van der Waals surface area contributed by atoms with Crippen molar-refractivity contribution in [3.63, 3.8) is 0 Å². The van der Waals surface area contributed by atoms with Gasteiger partial charge in [0.15, 0.2) is 0 Å². The molecule has 0 aliphatic carbocycles. The SMILES string of the molecule is O=C(O)/C(=C\c1ccc(Cl)cc1)c1ccc(S(=O)(=O)N2CCCC2)s1. The molecule has 0 unspecified atom stereocenters. The lowest BCUT2D eigenvalue weighted by Gasteiger charge is -2.13. The Morgan fingerprint density at radius 3 is 2.36 bits per heavy atom. The van der Waals surface area contributed by atoms with Crippen LogP contribution >= 0.6 is 22.9 Å². The highest BCUT2D eigenvalue weighted by atomic mass is 35.5. The molecule has 0 atom stereocenters. The van der Waals surface area contributed by atoms with Gasteiger partial charge in [0.25, 0.3) is 10.0 Å². The van der Waals surface area contributed by atoms with E-state index in [1.165, 1.54) is 16.4 Å². The number of sulfonamides is 1. The van der Waals surface area contributed by atoms with E-state index in [9.17, 15) is 18.3 Å². The van der Waals surface area contributed by atoms with Gasteiger partial charge in [0.2, 0.25) is 0 Å². The van der Waals surface area contributed by atoms with Crippen molar-refractivity contribution in [1.82, 2.24) is 4.31 Å². The predicted molar refractivity (Wildman–Crippen MR) is 99.3 cm³/mol. The van der Waals surface area contributed by atoms with Crippen LogP contribution in [0.5, 0.6) is 0 Å². The van der Waals surface area contributed by atoms with E-state index in [0.717, 1.165) is 24.2 Å². The number of nitrogens with zero attached hydrogens (tertiary/aromatic N) is 1. The maximum absolute atomic E-state index is 12.6. The van der Waals surface area contributed by atoms with Crippen LogP contribution in [0.2, 0.25) is 5.02 Å². The molecule has 0 bridgehead atoms. The van der Waals surface area contributed by atoms with E-state index in [1.54, 1.807) is 30.3 Å². The summed E-state index contributed by atoms with van der Waals surface area (Å²) in [5.41, 5.74) is 0.731. The molecule has 132 valence electrons. The topological polar surface area (TPSA) is 74.7 Å². The number of thiophene rings is 1. The molecule has 0 amide bonds. The van der Waals surface area contributed by atoms with E-state index in [1.807, 2.05) is 0 Å². The van der Waals surface area contributed by atoms with Gasteiger partial charge in [0.05, 0.1) is 5.57 Å². The molecule has 1 N–H and O–H groups in total. The summed E-state index contributed by atoms with van der Waals surface area (Å²) in [6.45, 7) is 1.03. The smallest absolute Gasteiger partial charge is 0.337 e. The van der Waals surface area contributed by atoms with Crippen LogP contribution in [0.1, 0.15) is 23.3 Å². The van der Waals surface area contributed by atoms with Gasteiger partial charge in [0, 0.05) is 23.0 Å². The molecule has 1 saturated heterocycles. The Bertz CT molecular complexity index is 910. The number of hydrogen-bond acceptors (Lipinski definition) is 4. The van der Waals surface area contributed by atoms with Crippen molar-refractivity contribution in [2.45, 2.75) is 17.1 Å². The van der Waals surface area contributed by atoms with Crippen LogP contribution in [0.3, 0.4) is 0 Å². The molecule has 1 aromatic heterocycles. The Labute approximate surface area is 155 Å². The normalized spacial score (nSPS) is 16.3. The molecule has 1 aliphatic rings. The van der Waals surface area contributed by atoms with Gasteiger partial charge in [-0.1, -0.05) is 23.7 Å². The first-order valence-corrected chi connectivity index (χ1v) is 10.3. The molecule has 0 radical (unpaired) electrons. The highest BCUT2D eigenvalue weighted by Gasteiger charge is 2.29. The van der Waals surface area contributed by atoms with Gasteiger partial charge in [-0.25, -0.2) is 13.2 Å². The largest absolute Gasteiger partial charge is 0.478 e. The summed E-state index contributed by atoms with van der Waals surface area (Å²) in [5, 5.41) is 10.1. The molecule has 1 aliphatic heterocycles. The monoisotopic (exact) mass is 397 g/mol. The number of aliphatic carboxylic acids is 1. The number of rotatable bonds is 5.